The highest BCUT2D eigenvalue weighted by molar-refractivity contribution is 7.89. The van der Waals surface area contributed by atoms with Crippen LogP contribution < -0.4 is 4.72 Å². The van der Waals surface area contributed by atoms with Gasteiger partial charge in [-0.2, -0.15) is 0 Å². The Morgan fingerprint density at radius 3 is 2.35 bits per heavy atom. The van der Waals surface area contributed by atoms with E-state index in [0.717, 1.165) is 6.07 Å². The summed E-state index contributed by atoms with van der Waals surface area (Å²) in [6.45, 7) is 4.45. The van der Waals surface area contributed by atoms with Crippen LogP contribution in [0.3, 0.4) is 0 Å². The standard InChI is InChI=1S/C18H18FNO5S/c1-10(2)20-26(24,25)14-8-12(7-13(9-14)18(22)23)16-6-4-5-15(11(3)21)17(16)19/h4-10,20H,1-3H3,(H,22,23). The molecule has 0 saturated heterocycles. The van der Waals surface area contributed by atoms with Crippen LogP contribution in [0, 0.1) is 5.82 Å². The Morgan fingerprint density at radius 2 is 1.81 bits per heavy atom. The molecule has 0 saturated carbocycles. The first-order chi connectivity index (χ1) is 12.0. The highest BCUT2D eigenvalue weighted by Crippen LogP contribution is 2.29. The Balaban J connectivity index is 2.73. The van der Waals surface area contributed by atoms with Gasteiger partial charge in [-0.3, -0.25) is 4.79 Å². The Hall–Kier alpha value is -2.58. The van der Waals surface area contributed by atoms with Gasteiger partial charge in [0.05, 0.1) is 16.0 Å². The molecule has 0 aromatic heterocycles. The van der Waals surface area contributed by atoms with Crippen molar-refractivity contribution in [3.8, 4) is 11.1 Å². The third-order valence-corrected chi connectivity index (χ3v) is 5.18. The Bertz CT molecular complexity index is 983. The number of aromatic carboxylic acids is 1. The average Bonchev–Trinajstić information content (AvgIpc) is 2.53. The number of halogens is 1. The monoisotopic (exact) mass is 379 g/mol. The van der Waals surface area contributed by atoms with Crippen LogP contribution in [0.25, 0.3) is 11.1 Å². The highest BCUT2D eigenvalue weighted by Gasteiger charge is 2.21. The molecule has 2 aromatic carbocycles. The highest BCUT2D eigenvalue weighted by atomic mass is 32.2. The molecular weight excluding hydrogens is 361 g/mol. The van der Waals surface area contributed by atoms with Crippen LogP contribution in [0.5, 0.6) is 0 Å². The van der Waals surface area contributed by atoms with Crippen LogP contribution in [0.15, 0.2) is 41.3 Å². The van der Waals surface area contributed by atoms with Crippen molar-refractivity contribution in [2.45, 2.75) is 31.7 Å². The molecule has 0 aliphatic carbocycles. The summed E-state index contributed by atoms with van der Waals surface area (Å²) in [5.74, 6) is -2.67. The third-order valence-electron chi connectivity index (χ3n) is 3.54. The van der Waals surface area contributed by atoms with E-state index < -0.39 is 33.6 Å². The van der Waals surface area contributed by atoms with Gasteiger partial charge in [-0.25, -0.2) is 22.3 Å². The van der Waals surface area contributed by atoms with E-state index in [9.17, 15) is 27.5 Å². The topological polar surface area (TPSA) is 101 Å². The maximum absolute atomic E-state index is 14.6. The molecule has 138 valence electrons. The van der Waals surface area contributed by atoms with Gasteiger partial charge < -0.3 is 5.11 Å². The van der Waals surface area contributed by atoms with Gasteiger partial charge in [-0.05, 0) is 50.6 Å². The number of hydrogen-bond acceptors (Lipinski definition) is 4. The number of nitrogens with one attached hydrogen (secondary N) is 1. The fraction of sp³-hybridized carbons (Fsp3) is 0.222. The number of Topliss-reactive ketones (excluding diaryl/α,β-unsaturated/α-hetero) is 1. The van der Waals surface area contributed by atoms with Crippen molar-refractivity contribution in [1.29, 1.82) is 0 Å². The van der Waals surface area contributed by atoms with E-state index in [4.69, 9.17) is 0 Å². The fourth-order valence-electron chi connectivity index (χ4n) is 2.44. The molecule has 26 heavy (non-hydrogen) atoms. The summed E-state index contributed by atoms with van der Waals surface area (Å²) in [7, 11) is -3.99. The first kappa shape index (κ1) is 19.7. The van der Waals surface area contributed by atoms with Crippen LogP contribution in [-0.4, -0.2) is 31.3 Å². The van der Waals surface area contributed by atoms with Crippen molar-refractivity contribution in [3.63, 3.8) is 0 Å². The Morgan fingerprint density at radius 1 is 1.15 bits per heavy atom. The van der Waals surface area contributed by atoms with E-state index in [1.54, 1.807) is 13.8 Å². The number of carboxylic acids is 1. The van der Waals surface area contributed by atoms with Crippen LogP contribution in [-0.2, 0) is 10.0 Å². The number of carbonyl (C=O) groups excluding carboxylic acids is 1. The van der Waals surface area contributed by atoms with E-state index in [1.807, 2.05) is 0 Å². The van der Waals surface area contributed by atoms with Gasteiger partial charge in [-0.1, -0.05) is 12.1 Å². The molecule has 0 amide bonds. The predicted octanol–water partition coefficient (Wildman–Crippen LogP) is 3.08. The summed E-state index contributed by atoms with van der Waals surface area (Å²) in [5, 5.41) is 9.28. The van der Waals surface area contributed by atoms with Crippen molar-refractivity contribution in [2.75, 3.05) is 0 Å². The maximum Gasteiger partial charge on any atom is 0.335 e. The van der Waals surface area contributed by atoms with E-state index in [2.05, 4.69) is 4.72 Å². The number of sulfonamides is 1. The lowest BCUT2D eigenvalue weighted by atomic mass is 9.99. The second-order valence-electron chi connectivity index (χ2n) is 6.05. The van der Waals surface area contributed by atoms with Gasteiger partial charge in [0.2, 0.25) is 10.0 Å². The third kappa shape index (κ3) is 4.14. The molecule has 0 fully saturated rings. The summed E-state index contributed by atoms with van der Waals surface area (Å²) >= 11 is 0. The second-order valence-corrected chi connectivity index (χ2v) is 7.76. The molecule has 0 aliphatic rings. The molecular formula is C18H18FNO5S. The van der Waals surface area contributed by atoms with Crippen LogP contribution in [0.4, 0.5) is 4.39 Å². The van der Waals surface area contributed by atoms with Crippen LogP contribution in [0.2, 0.25) is 0 Å². The number of rotatable bonds is 6. The van der Waals surface area contributed by atoms with Crippen molar-refractivity contribution < 1.29 is 27.5 Å². The molecule has 2 aromatic rings. The molecule has 0 spiro atoms. The van der Waals surface area contributed by atoms with Gasteiger partial charge in [0.15, 0.2) is 5.78 Å². The number of benzene rings is 2. The van der Waals surface area contributed by atoms with Crippen molar-refractivity contribution >= 4 is 21.8 Å². The lowest BCUT2D eigenvalue weighted by Crippen LogP contribution is -2.30. The fourth-order valence-corrected chi connectivity index (χ4v) is 3.76. The summed E-state index contributed by atoms with van der Waals surface area (Å²) < 4.78 is 41.8. The van der Waals surface area contributed by atoms with Crippen molar-refractivity contribution in [3.05, 3.63) is 53.3 Å². The Kier molecular flexibility index (Phi) is 5.58. The molecule has 2 rings (SSSR count). The lowest BCUT2D eigenvalue weighted by Gasteiger charge is -2.13. The molecule has 0 aliphatic heterocycles. The molecule has 8 heteroatoms. The predicted molar refractivity (Wildman–Crippen MR) is 94.3 cm³/mol. The van der Waals surface area contributed by atoms with Gasteiger partial charge >= 0.3 is 5.97 Å². The Labute approximate surface area is 150 Å². The number of hydrogen-bond donors (Lipinski definition) is 2. The number of carbonyl (C=O) groups is 2. The summed E-state index contributed by atoms with van der Waals surface area (Å²) in [6, 6.07) is 7.05. The molecule has 0 bridgehead atoms. The van der Waals surface area contributed by atoms with Crippen molar-refractivity contribution in [2.24, 2.45) is 0 Å². The largest absolute Gasteiger partial charge is 0.478 e. The first-order valence-electron chi connectivity index (χ1n) is 7.73. The van der Waals surface area contributed by atoms with Crippen LogP contribution >= 0.6 is 0 Å². The minimum absolute atomic E-state index is 0.0506. The van der Waals surface area contributed by atoms with Gasteiger partial charge in [0.25, 0.3) is 0 Å². The zero-order valence-corrected chi connectivity index (χ0v) is 15.2. The molecule has 2 N–H and O–H groups in total. The van der Waals surface area contributed by atoms with Crippen molar-refractivity contribution in [1.82, 2.24) is 4.72 Å². The van der Waals surface area contributed by atoms with E-state index in [0.29, 0.717) is 0 Å². The SMILES string of the molecule is CC(=O)c1cccc(-c2cc(C(=O)O)cc(S(=O)(=O)NC(C)C)c2)c1F. The quantitative estimate of drug-likeness (QED) is 0.751. The molecule has 6 nitrogen and oxygen atoms in total. The maximum atomic E-state index is 14.6. The minimum atomic E-state index is -3.99. The zero-order valence-electron chi connectivity index (χ0n) is 14.4. The average molecular weight is 379 g/mol. The smallest absolute Gasteiger partial charge is 0.335 e. The van der Waals surface area contributed by atoms with E-state index in [-0.39, 0.29) is 27.1 Å². The molecule has 0 heterocycles. The minimum Gasteiger partial charge on any atom is -0.478 e. The second kappa shape index (κ2) is 7.35. The summed E-state index contributed by atoms with van der Waals surface area (Å²) in [5.41, 5.74) is -0.469. The van der Waals surface area contributed by atoms with Crippen LogP contribution in [0.1, 0.15) is 41.5 Å². The van der Waals surface area contributed by atoms with E-state index in [1.165, 1.54) is 37.3 Å². The number of carboxylic acid groups (broad SMARTS) is 1. The normalized spacial score (nSPS) is 11.6. The van der Waals surface area contributed by atoms with Gasteiger partial charge in [0.1, 0.15) is 5.82 Å². The lowest BCUT2D eigenvalue weighted by molar-refractivity contribution is 0.0696. The zero-order chi connectivity index (χ0) is 19.6. The van der Waals surface area contributed by atoms with Gasteiger partial charge in [-0.15, -0.1) is 0 Å². The summed E-state index contributed by atoms with van der Waals surface area (Å²) in [6.07, 6.45) is 0. The summed E-state index contributed by atoms with van der Waals surface area (Å²) in [4.78, 5) is 22.6. The first-order valence-corrected chi connectivity index (χ1v) is 9.22. The van der Waals surface area contributed by atoms with E-state index >= 15 is 0 Å². The van der Waals surface area contributed by atoms with Gasteiger partial charge in [0, 0.05) is 11.6 Å². The molecule has 0 radical (unpaired) electrons. The molecule has 0 atom stereocenters. The molecule has 0 unspecified atom stereocenters. The number of ketones is 1.